The molecule has 2 amide bonds. The van der Waals surface area contributed by atoms with E-state index in [-0.39, 0.29) is 18.4 Å². The Morgan fingerprint density at radius 1 is 1.19 bits per heavy atom. The molecular weight excluding hydrogens is 368 g/mol. The van der Waals surface area contributed by atoms with Gasteiger partial charge in [-0.1, -0.05) is 23.7 Å². The van der Waals surface area contributed by atoms with Gasteiger partial charge < -0.3 is 19.7 Å². The number of carbonyl (C=O) groups excluding carboxylic acids is 2. The summed E-state index contributed by atoms with van der Waals surface area (Å²) in [5.41, 5.74) is 1.79. The first-order chi connectivity index (χ1) is 13.0. The van der Waals surface area contributed by atoms with Crippen LogP contribution in [0.3, 0.4) is 0 Å². The SMILES string of the molecule is Cc1cc(OCC(=O)Nc2ccccc2C(=O)N2CCOCC2)ccc1Cl. The van der Waals surface area contributed by atoms with Crippen LogP contribution in [-0.2, 0) is 9.53 Å². The topological polar surface area (TPSA) is 67.9 Å². The summed E-state index contributed by atoms with van der Waals surface area (Å²) in [6.07, 6.45) is 0. The molecule has 0 atom stereocenters. The molecule has 0 radical (unpaired) electrons. The van der Waals surface area contributed by atoms with Crippen LogP contribution in [0.2, 0.25) is 5.02 Å². The minimum absolute atomic E-state index is 0.122. The Morgan fingerprint density at radius 3 is 2.67 bits per heavy atom. The molecule has 2 aromatic carbocycles. The molecule has 0 bridgehead atoms. The fraction of sp³-hybridized carbons (Fsp3) is 0.300. The highest BCUT2D eigenvalue weighted by molar-refractivity contribution is 6.31. The quantitative estimate of drug-likeness (QED) is 0.854. The summed E-state index contributed by atoms with van der Waals surface area (Å²) < 4.78 is 10.8. The molecule has 142 valence electrons. The third kappa shape index (κ3) is 4.99. The van der Waals surface area contributed by atoms with E-state index >= 15 is 0 Å². The molecule has 1 aliphatic heterocycles. The molecule has 1 heterocycles. The van der Waals surface area contributed by atoms with E-state index in [0.29, 0.717) is 48.3 Å². The second kappa shape index (κ2) is 8.88. The number of para-hydroxylation sites is 1. The second-order valence-electron chi connectivity index (χ2n) is 6.20. The number of nitrogens with zero attached hydrogens (tertiary/aromatic N) is 1. The average Bonchev–Trinajstić information content (AvgIpc) is 2.69. The predicted octanol–water partition coefficient (Wildman–Crippen LogP) is 3.14. The normalized spacial score (nSPS) is 13.9. The van der Waals surface area contributed by atoms with E-state index in [4.69, 9.17) is 21.1 Å². The molecule has 1 aliphatic rings. The first kappa shape index (κ1) is 19.2. The lowest BCUT2D eigenvalue weighted by Crippen LogP contribution is -2.41. The Hall–Kier alpha value is -2.57. The Bertz CT molecular complexity index is 834. The van der Waals surface area contributed by atoms with Crippen molar-refractivity contribution in [3.05, 3.63) is 58.6 Å². The minimum atomic E-state index is -0.343. The van der Waals surface area contributed by atoms with Crippen LogP contribution in [0.4, 0.5) is 5.69 Å². The number of benzene rings is 2. The van der Waals surface area contributed by atoms with Crippen LogP contribution >= 0.6 is 11.6 Å². The van der Waals surface area contributed by atoms with Gasteiger partial charge in [-0.25, -0.2) is 0 Å². The van der Waals surface area contributed by atoms with Crippen molar-refractivity contribution in [3.63, 3.8) is 0 Å². The van der Waals surface area contributed by atoms with E-state index in [2.05, 4.69) is 5.32 Å². The summed E-state index contributed by atoms with van der Waals surface area (Å²) in [6, 6.07) is 12.2. The van der Waals surface area contributed by atoms with Crippen molar-refractivity contribution in [2.75, 3.05) is 38.2 Å². The minimum Gasteiger partial charge on any atom is -0.484 e. The number of ether oxygens (including phenoxy) is 2. The summed E-state index contributed by atoms with van der Waals surface area (Å²) in [6.45, 7) is 3.83. The molecule has 1 N–H and O–H groups in total. The summed E-state index contributed by atoms with van der Waals surface area (Å²) in [5, 5.41) is 3.40. The number of hydrogen-bond donors (Lipinski definition) is 1. The highest BCUT2D eigenvalue weighted by atomic mass is 35.5. The Morgan fingerprint density at radius 2 is 1.93 bits per heavy atom. The molecule has 7 heteroatoms. The molecule has 6 nitrogen and oxygen atoms in total. The number of amides is 2. The monoisotopic (exact) mass is 388 g/mol. The Labute approximate surface area is 163 Å². The Kier molecular flexibility index (Phi) is 6.32. The van der Waals surface area contributed by atoms with E-state index in [1.165, 1.54) is 0 Å². The van der Waals surface area contributed by atoms with Gasteiger partial charge in [-0.05, 0) is 42.8 Å². The molecule has 0 saturated carbocycles. The molecule has 1 fully saturated rings. The van der Waals surface area contributed by atoms with Gasteiger partial charge in [0.2, 0.25) is 0 Å². The van der Waals surface area contributed by atoms with Crippen LogP contribution in [0, 0.1) is 6.92 Å². The number of carbonyl (C=O) groups is 2. The van der Waals surface area contributed by atoms with Crippen LogP contribution in [0.5, 0.6) is 5.75 Å². The largest absolute Gasteiger partial charge is 0.484 e. The Balaban J connectivity index is 1.63. The summed E-state index contributed by atoms with van der Waals surface area (Å²) in [4.78, 5) is 26.7. The van der Waals surface area contributed by atoms with E-state index in [0.717, 1.165) is 5.56 Å². The smallest absolute Gasteiger partial charge is 0.262 e. The first-order valence-corrected chi connectivity index (χ1v) is 9.07. The number of hydrogen-bond acceptors (Lipinski definition) is 4. The van der Waals surface area contributed by atoms with Crippen LogP contribution in [0.1, 0.15) is 15.9 Å². The maximum Gasteiger partial charge on any atom is 0.262 e. The molecular formula is C20H21ClN2O4. The summed E-state index contributed by atoms with van der Waals surface area (Å²) in [7, 11) is 0. The average molecular weight is 389 g/mol. The third-order valence-electron chi connectivity index (χ3n) is 4.23. The summed E-state index contributed by atoms with van der Waals surface area (Å²) in [5.74, 6) is 0.0954. The van der Waals surface area contributed by atoms with Gasteiger partial charge >= 0.3 is 0 Å². The van der Waals surface area contributed by atoms with Crippen LogP contribution in [0.25, 0.3) is 0 Å². The van der Waals surface area contributed by atoms with Gasteiger partial charge in [0.15, 0.2) is 6.61 Å². The lowest BCUT2D eigenvalue weighted by Gasteiger charge is -2.27. The molecule has 3 rings (SSSR count). The third-order valence-corrected chi connectivity index (χ3v) is 4.65. The van der Waals surface area contributed by atoms with Gasteiger partial charge in [-0.15, -0.1) is 0 Å². The van der Waals surface area contributed by atoms with Gasteiger partial charge in [0, 0.05) is 18.1 Å². The van der Waals surface area contributed by atoms with Crippen LogP contribution < -0.4 is 10.1 Å². The zero-order chi connectivity index (χ0) is 19.2. The van der Waals surface area contributed by atoms with E-state index in [9.17, 15) is 9.59 Å². The van der Waals surface area contributed by atoms with Crippen molar-refractivity contribution in [2.45, 2.75) is 6.92 Å². The van der Waals surface area contributed by atoms with E-state index in [1.807, 2.05) is 6.92 Å². The molecule has 0 aromatic heterocycles. The number of halogens is 1. The van der Waals surface area contributed by atoms with Gasteiger partial charge in [0.05, 0.1) is 24.5 Å². The standard InChI is InChI=1S/C20H21ClN2O4/c1-14-12-15(6-7-17(14)21)27-13-19(24)22-18-5-3-2-4-16(18)20(25)23-8-10-26-11-9-23/h2-7,12H,8-11,13H2,1H3,(H,22,24). The number of morpholine rings is 1. The van der Waals surface area contributed by atoms with Gasteiger partial charge in [-0.2, -0.15) is 0 Å². The fourth-order valence-corrected chi connectivity index (χ4v) is 2.88. The van der Waals surface area contributed by atoms with Crippen LogP contribution in [-0.4, -0.2) is 49.6 Å². The highest BCUT2D eigenvalue weighted by Crippen LogP contribution is 2.21. The molecule has 1 saturated heterocycles. The second-order valence-corrected chi connectivity index (χ2v) is 6.61. The maximum absolute atomic E-state index is 12.7. The van der Waals surface area contributed by atoms with Gasteiger partial charge in [0.1, 0.15) is 5.75 Å². The van der Waals surface area contributed by atoms with Gasteiger partial charge in [0.25, 0.3) is 11.8 Å². The van der Waals surface area contributed by atoms with Crippen molar-refractivity contribution in [2.24, 2.45) is 0 Å². The van der Waals surface area contributed by atoms with Crippen molar-refractivity contribution >= 4 is 29.1 Å². The maximum atomic E-state index is 12.7. The molecule has 2 aromatic rings. The lowest BCUT2D eigenvalue weighted by molar-refractivity contribution is -0.118. The molecule has 0 aliphatic carbocycles. The molecule has 27 heavy (non-hydrogen) atoms. The van der Waals surface area contributed by atoms with E-state index in [1.54, 1.807) is 47.4 Å². The lowest BCUT2D eigenvalue weighted by atomic mass is 10.1. The predicted molar refractivity (Wildman–Crippen MR) is 103 cm³/mol. The van der Waals surface area contributed by atoms with Gasteiger partial charge in [-0.3, -0.25) is 9.59 Å². The zero-order valence-electron chi connectivity index (χ0n) is 15.0. The zero-order valence-corrected chi connectivity index (χ0v) is 15.8. The highest BCUT2D eigenvalue weighted by Gasteiger charge is 2.21. The molecule has 0 spiro atoms. The number of rotatable bonds is 5. The summed E-state index contributed by atoms with van der Waals surface area (Å²) >= 11 is 5.98. The number of aryl methyl sites for hydroxylation is 1. The first-order valence-electron chi connectivity index (χ1n) is 8.69. The van der Waals surface area contributed by atoms with Crippen molar-refractivity contribution in [1.29, 1.82) is 0 Å². The van der Waals surface area contributed by atoms with E-state index < -0.39 is 0 Å². The fourth-order valence-electron chi connectivity index (χ4n) is 2.76. The van der Waals surface area contributed by atoms with Crippen molar-refractivity contribution in [3.8, 4) is 5.75 Å². The number of anilines is 1. The van der Waals surface area contributed by atoms with Crippen molar-refractivity contribution in [1.82, 2.24) is 4.90 Å². The van der Waals surface area contributed by atoms with Crippen LogP contribution in [0.15, 0.2) is 42.5 Å². The number of nitrogens with one attached hydrogen (secondary N) is 1. The molecule has 0 unspecified atom stereocenters. The van der Waals surface area contributed by atoms with Crippen molar-refractivity contribution < 1.29 is 19.1 Å².